The van der Waals surface area contributed by atoms with Crippen molar-refractivity contribution in [2.24, 2.45) is 0 Å². The lowest BCUT2D eigenvalue weighted by Crippen LogP contribution is -2.24. The molecule has 0 heterocycles. The van der Waals surface area contributed by atoms with Gasteiger partial charge in [-0.3, -0.25) is 0 Å². The number of nitrogens with one attached hydrogen (secondary N) is 1. The predicted molar refractivity (Wildman–Crippen MR) is 80.8 cm³/mol. The second-order valence-electron chi connectivity index (χ2n) is 5.04. The molecule has 3 N–H and O–H groups in total. The summed E-state index contributed by atoms with van der Waals surface area (Å²) in [5, 5.41) is 22.5. The van der Waals surface area contributed by atoms with Gasteiger partial charge in [-0.2, -0.15) is 0 Å². The molecular weight excluding hydrogens is 250 g/mol. The molecule has 0 saturated heterocycles. The Morgan fingerprint density at radius 2 is 1.65 bits per heavy atom. The van der Waals surface area contributed by atoms with E-state index in [4.69, 9.17) is 0 Å². The summed E-state index contributed by atoms with van der Waals surface area (Å²) in [7, 11) is 0. The number of phenols is 2. The molecule has 0 aliphatic carbocycles. The van der Waals surface area contributed by atoms with Crippen molar-refractivity contribution in [3.05, 3.63) is 59.7 Å². The third-order valence-corrected chi connectivity index (χ3v) is 3.53. The van der Waals surface area contributed by atoms with Crippen LogP contribution in [0.25, 0.3) is 0 Å². The molecule has 0 aromatic heterocycles. The van der Waals surface area contributed by atoms with E-state index in [1.165, 1.54) is 0 Å². The van der Waals surface area contributed by atoms with Crippen LogP contribution in [0, 0.1) is 0 Å². The van der Waals surface area contributed by atoms with E-state index in [0.717, 1.165) is 17.5 Å². The Bertz CT molecular complexity index is 551. The highest BCUT2D eigenvalue weighted by atomic mass is 16.3. The molecule has 0 spiro atoms. The fraction of sp³-hybridized carbons (Fsp3) is 0.294. The molecule has 3 nitrogen and oxygen atoms in total. The van der Waals surface area contributed by atoms with Gasteiger partial charge < -0.3 is 15.5 Å². The molecule has 0 amide bonds. The van der Waals surface area contributed by atoms with Crippen molar-refractivity contribution in [3.8, 4) is 11.5 Å². The quantitative estimate of drug-likeness (QED) is 0.773. The monoisotopic (exact) mass is 271 g/mol. The Morgan fingerprint density at radius 3 is 2.25 bits per heavy atom. The van der Waals surface area contributed by atoms with Gasteiger partial charge in [-0.05, 0) is 48.7 Å². The minimum absolute atomic E-state index is 0.140. The highest BCUT2D eigenvalue weighted by Crippen LogP contribution is 2.25. The Hall–Kier alpha value is -2.00. The molecule has 2 aromatic carbocycles. The maximum atomic E-state index is 9.55. The van der Waals surface area contributed by atoms with Crippen LogP contribution in [0.3, 0.4) is 0 Å². The van der Waals surface area contributed by atoms with Gasteiger partial charge in [-0.25, -0.2) is 0 Å². The SMILES string of the molecule is CCC(NC(C)c1cccc(O)c1)c1ccc(O)cc1. The van der Waals surface area contributed by atoms with Crippen LogP contribution in [0.15, 0.2) is 48.5 Å². The Kier molecular flexibility index (Phi) is 4.64. The van der Waals surface area contributed by atoms with Gasteiger partial charge in [0, 0.05) is 12.1 Å². The second-order valence-corrected chi connectivity index (χ2v) is 5.04. The summed E-state index contributed by atoms with van der Waals surface area (Å²) in [6.07, 6.45) is 0.952. The van der Waals surface area contributed by atoms with Gasteiger partial charge in [0.05, 0.1) is 0 Å². The number of rotatable bonds is 5. The fourth-order valence-electron chi connectivity index (χ4n) is 2.35. The number of hydrogen-bond acceptors (Lipinski definition) is 3. The van der Waals surface area contributed by atoms with Gasteiger partial charge in [0.25, 0.3) is 0 Å². The molecule has 2 unspecified atom stereocenters. The Morgan fingerprint density at radius 1 is 0.950 bits per heavy atom. The predicted octanol–water partition coefficient (Wildman–Crippen LogP) is 3.90. The first kappa shape index (κ1) is 14.4. The topological polar surface area (TPSA) is 52.5 Å². The first-order chi connectivity index (χ1) is 9.60. The van der Waals surface area contributed by atoms with Crippen molar-refractivity contribution in [1.82, 2.24) is 5.32 Å². The molecule has 2 aromatic rings. The lowest BCUT2D eigenvalue weighted by Gasteiger charge is -2.23. The van der Waals surface area contributed by atoms with E-state index in [-0.39, 0.29) is 23.6 Å². The van der Waals surface area contributed by atoms with E-state index < -0.39 is 0 Å². The van der Waals surface area contributed by atoms with Crippen molar-refractivity contribution in [3.63, 3.8) is 0 Å². The van der Waals surface area contributed by atoms with Crippen LogP contribution in [-0.4, -0.2) is 10.2 Å². The summed E-state index contributed by atoms with van der Waals surface area (Å²) in [6, 6.07) is 14.9. The van der Waals surface area contributed by atoms with E-state index in [9.17, 15) is 10.2 Å². The van der Waals surface area contributed by atoms with E-state index in [2.05, 4.69) is 19.2 Å². The molecule has 0 bridgehead atoms. The van der Waals surface area contributed by atoms with Gasteiger partial charge in [0.2, 0.25) is 0 Å². The average molecular weight is 271 g/mol. The molecule has 2 atom stereocenters. The molecule has 20 heavy (non-hydrogen) atoms. The van der Waals surface area contributed by atoms with Crippen molar-refractivity contribution in [2.75, 3.05) is 0 Å². The summed E-state index contributed by atoms with van der Waals surface area (Å²) in [6.45, 7) is 4.21. The normalized spacial score (nSPS) is 13.9. The van der Waals surface area contributed by atoms with Crippen LogP contribution >= 0.6 is 0 Å². The number of phenolic OH excluding ortho intramolecular Hbond substituents is 2. The Balaban J connectivity index is 2.11. The van der Waals surface area contributed by atoms with Crippen LogP contribution in [0.5, 0.6) is 11.5 Å². The lowest BCUT2D eigenvalue weighted by molar-refractivity contribution is 0.447. The molecule has 106 valence electrons. The van der Waals surface area contributed by atoms with Crippen LogP contribution in [0.4, 0.5) is 0 Å². The van der Waals surface area contributed by atoms with Crippen molar-refractivity contribution >= 4 is 0 Å². The second kappa shape index (κ2) is 6.44. The van der Waals surface area contributed by atoms with Crippen LogP contribution in [0.1, 0.15) is 43.5 Å². The minimum atomic E-state index is 0.140. The standard InChI is InChI=1S/C17H21NO2/c1-3-17(13-7-9-15(19)10-8-13)18-12(2)14-5-4-6-16(20)11-14/h4-12,17-20H,3H2,1-2H3. The van der Waals surface area contributed by atoms with Crippen LogP contribution in [-0.2, 0) is 0 Å². The molecule has 3 heteroatoms. The van der Waals surface area contributed by atoms with Gasteiger partial charge in [-0.1, -0.05) is 31.2 Å². The zero-order chi connectivity index (χ0) is 14.5. The number of aromatic hydroxyl groups is 2. The summed E-state index contributed by atoms with van der Waals surface area (Å²) >= 11 is 0. The first-order valence-corrected chi connectivity index (χ1v) is 6.94. The molecule has 0 fully saturated rings. The van der Waals surface area contributed by atoms with E-state index in [1.807, 2.05) is 24.3 Å². The van der Waals surface area contributed by atoms with E-state index >= 15 is 0 Å². The average Bonchev–Trinajstić information content (AvgIpc) is 2.45. The summed E-state index contributed by atoms with van der Waals surface area (Å²) in [5.74, 6) is 0.568. The summed E-state index contributed by atoms with van der Waals surface area (Å²) in [5.41, 5.74) is 2.21. The summed E-state index contributed by atoms with van der Waals surface area (Å²) < 4.78 is 0. The van der Waals surface area contributed by atoms with E-state index in [1.54, 1.807) is 24.3 Å². The maximum absolute atomic E-state index is 9.55. The number of hydrogen-bond donors (Lipinski definition) is 3. The van der Waals surface area contributed by atoms with E-state index in [0.29, 0.717) is 0 Å². The third-order valence-electron chi connectivity index (χ3n) is 3.53. The molecule has 0 saturated carbocycles. The molecule has 0 aliphatic heterocycles. The zero-order valence-electron chi connectivity index (χ0n) is 11.9. The highest BCUT2D eigenvalue weighted by Gasteiger charge is 2.14. The van der Waals surface area contributed by atoms with Crippen molar-refractivity contribution in [1.29, 1.82) is 0 Å². The van der Waals surface area contributed by atoms with Crippen LogP contribution in [0.2, 0.25) is 0 Å². The Labute approximate surface area is 119 Å². The van der Waals surface area contributed by atoms with Gasteiger partial charge in [-0.15, -0.1) is 0 Å². The number of benzene rings is 2. The first-order valence-electron chi connectivity index (χ1n) is 6.94. The molecule has 0 aliphatic rings. The largest absolute Gasteiger partial charge is 0.508 e. The van der Waals surface area contributed by atoms with Gasteiger partial charge in [0.1, 0.15) is 11.5 Å². The van der Waals surface area contributed by atoms with Crippen LogP contribution < -0.4 is 5.32 Å². The van der Waals surface area contributed by atoms with Crippen molar-refractivity contribution < 1.29 is 10.2 Å². The lowest BCUT2D eigenvalue weighted by atomic mass is 10.0. The minimum Gasteiger partial charge on any atom is -0.508 e. The maximum Gasteiger partial charge on any atom is 0.115 e. The molecule has 0 radical (unpaired) electrons. The fourth-order valence-corrected chi connectivity index (χ4v) is 2.35. The zero-order valence-corrected chi connectivity index (χ0v) is 11.9. The highest BCUT2D eigenvalue weighted by molar-refractivity contribution is 5.31. The summed E-state index contributed by atoms with van der Waals surface area (Å²) in [4.78, 5) is 0. The third kappa shape index (κ3) is 3.52. The van der Waals surface area contributed by atoms with Gasteiger partial charge >= 0.3 is 0 Å². The van der Waals surface area contributed by atoms with Gasteiger partial charge in [0.15, 0.2) is 0 Å². The molecular formula is C17H21NO2. The van der Waals surface area contributed by atoms with Crippen molar-refractivity contribution in [2.45, 2.75) is 32.4 Å². The molecule has 2 rings (SSSR count). The smallest absolute Gasteiger partial charge is 0.115 e.